The first-order valence-corrected chi connectivity index (χ1v) is 10.5. The number of benzene rings is 2. The highest BCUT2D eigenvalue weighted by molar-refractivity contribution is 9.10. The first kappa shape index (κ1) is 20.4. The number of nitrogens with zero attached hydrogens (tertiary/aromatic N) is 3. The molecule has 1 heterocycles. The number of para-hydroxylation sites is 1. The molecule has 0 bridgehead atoms. The molecule has 1 N–H and O–H groups in total. The van der Waals surface area contributed by atoms with Crippen molar-refractivity contribution in [3.8, 4) is 5.75 Å². The summed E-state index contributed by atoms with van der Waals surface area (Å²) in [4.78, 5) is 12.2. The van der Waals surface area contributed by atoms with Crippen LogP contribution in [0.15, 0.2) is 58.2 Å². The molecule has 0 radical (unpaired) electrons. The standard InChI is InChI=1S/C20H21BrN4O2S/c1-13-11-15(9-10-17(13)21)22-18(26)12-28-20-24-23-19(25(20)3)14(2)27-16-7-5-4-6-8-16/h4-11,14H,12H2,1-3H3,(H,22,26)/t14-/m0/s1. The molecule has 0 aliphatic heterocycles. The predicted molar refractivity (Wildman–Crippen MR) is 115 cm³/mol. The highest BCUT2D eigenvalue weighted by Crippen LogP contribution is 2.24. The maximum absolute atomic E-state index is 12.2. The molecule has 0 saturated heterocycles. The van der Waals surface area contributed by atoms with E-state index in [0.717, 1.165) is 21.5 Å². The van der Waals surface area contributed by atoms with Gasteiger partial charge in [-0.1, -0.05) is 45.9 Å². The number of ether oxygens (including phenoxy) is 1. The van der Waals surface area contributed by atoms with E-state index in [0.29, 0.717) is 11.0 Å². The SMILES string of the molecule is Cc1cc(NC(=O)CSc2nnc([C@H](C)Oc3ccccc3)n2C)ccc1Br. The Labute approximate surface area is 176 Å². The summed E-state index contributed by atoms with van der Waals surface area (Å²) in [7, 11) is 1.87. The minimum absolute atomic E-state index is 0.0927. The molecule has 2 aromatic carbocycles. The number of carbonyl (C=O) groups excluding carboxylic acids is 1. The first-order valence-electron chi connectivity index (χ1n) is 8.74. The Morgan fingerprint density at radius 3 is 2.71 bits per heavy atom. The van der Waals surface area contributed by atoms with Gasteiger partial charge < -0.3 is 14.6 Å². The van der Waals surface area contributed by atoms with E-state index in [1.54, 1.807) is 0 Å². The molecule has 1 atom stereocenters. The lowest BCUT2D eigenvalue weighted by molar-refractivity contribution is -0.113. The predicted octanol–water partition coefficient (Wildman–Crippen LogP) is 4.76. The number of hydrogen-bond acceptors (Lipinski definition) is 5. The Morgan fingerprint density at radius 2 is 2.00 bits per heavy atom. The minimum Gasteiger partial charge on any atom is -0.483 e. The summed E-state index contributed by atoms with van der Waals surface area (Å²) in [6.45, 7) is 3.91. The average Bonchev–Trinajstić information content (AvgIpc) is 3.04. The van der Waals surface area contributed by atoms with Crippen molar-refractivity contribution in [1.82, 2.24) is 14.8 Å². The van der Waals surface area contributed by atoms with Gasteiger partial charge in [0.15, 0.2) is 17.1 Å². The molecule has 146 valence electrons. The van der Waals surface area contributed by atoms with Crippen LogP contribution in [0.5, 0.6) is 5.75 Å². The largest absolute Gasteiger partial charge is 0.483 e. The van der Waals surface area contributed by atoms with Crippen LogP contribution in [0, 0.1) is 6.92 Å². The molecule has 6 nitrogen and oxygen atoms in total. The van der Waals surface area contributed by atoms with E-state index in [2.05, 4.69) is 31.4 Å². The van der Waals surface area contributed by atoms with Crippen LogP contribution in [0.3, 0.4) is 0 Å². The molecule has 0 spiro atoms. The van der Waals surface area contributed by atoms with Gasteiger partial charge >= 0.3 is 0 Å². The Balaban J connectivity index is 1.57. The van der Waals surface area contributed by atoms with E-state index in [9.17, 15) is 4.79 Å². The van der Waals surface area contributed by atoms with Crippen molar-refractivity contribution in [2.45, 2.75) is 25.1 Å². The van der Waals surface area contributed by atoms with Crippen molar-refractivity contribution in [3.63, 3.8) is 0 Å². The van der Waals surface area contributed by atoms with Gasteiger partial charge in [-0.2, -0.15) is 0 Å². The number of amides is 1. The Bertz CT molecular complexity index is 962. The monoisotopic (exact) mass is 460 g/mol. The molecular formula is C20H21BrN4O2S. The van der Waals surface area contributed by atoms with Crippen LogP contribution in [-0.4, -0.2) is 26.4 Å². The molecule has 0 unspecified atom stereocenters. The number of hydrogen-bond donors (Lipinski definition) is 1. The number of anilines is 1. The maximum Gasteiger partial charge on any atom is 0.234 e. The normalized spacial score (nSPS) is 11.9. The fourth-order valence-corrected chi connectivity index (χ4v) is 3.58. The number of rotatable bonds is 7. The molecule has 1 amide bonds. The summed E-state index contributed by atoms with van der Waals surface area (Å²) in [5, 5.41) is 12.0. The summed E-state index contributed by atoms with van der Waals surface area (Å²) in [5.41, 5.74) is 1.84. The quantitative estimate of drug-likeness (QED) is 0.514. The lowest BCUT2D eigenvalue weighted by Crippen LogP contribution is -2.15. The zero-order chi connectivity index (χ0) is 20.1. The maximum atomic E-state index is 12.2. The number of nitrogens with one attached hydrogen (secondary N) is 1. The van der Waals surface area contributed by atoms with Gasteiger partial charge in [0.2, 0.25) is 5.91 Å². The van der Waals surface area contributed by atoms with Gasteiger partial charge in [-0.3, -0.25) is 4.79 Å². The highest BCUT2D eigenvalue weighted by Gasteiger charge is 2.18. The fourth-order valence-electron chi connectivity index (χ4n) is 2.61. The molecule has 28 heavy (non-hydrogen) atoms. The molecule has 8 heteroatoms. The van der Waals surface area contributed by atoms with Crippen LogP contribution in [-0.2, 0) is 11.8 Å². The molecule has 0 aliphatic carbocycles. The van der Waals surface area contributed by atoms with Crippen LogP contribution in [0.4, 0.5) is 5.69 Å². The van der Waals surface area contributed by atoms with Crippen molar-refractivity contribution in [1.29, 1.82) is 0 Å². The smallest absolute Gasteiger partial charge is 0.234 e. The van der Waals surface area contributed by atoms with Gasteiger partial charge in [0, 0.05) is 17.2 Å². The summed E-state index contributed by atoms with van der Waals surface area (Å²) in [5.74, 6) is 1.63. The summed E-state index contributed by atoms with van der Waals surface area (Å²) in [6.07, 6.45) is -0.256. The number of halogens is 1. The highest BCUT2D eigenvalue weighted by atomic mass is 79.9. The lowest BCUT2D eigenvalue weighted by atomic mass is 10.2. The summed E-state index contributed by atoms with van der Waals surface area (Å²) >= 11 is 4.79. The molecular weight excluding hydrogens is 440 g/mol. The van der Waals surface area contributed by atoms with Gasteiger partial charge in [0.25, 0.3) is 0 Å². The summed E-state index contributed by atoms with van der Waals surface area (Å²) in [6, 6.07) is 15.3. The third kappa shape index (κ3) is 5.14. The molecule has 0 fully saturated rings. The van der Waals surface area contributed by atoms with Crippen LogP contribution >= 0.6 is 27.7 Å². The van der Waals surface area contributed by atoms with Crippen LogP contribution in [0.1, 0.15) is 24.4 Å². The minimum atomic E-state index is -0.256. The molecule has 3 aromatic rings. The van der Waals surface area contributed by atoms with E-state index in [1.807, 2.05) is 74.0 Å². The van der Waals surface area contributed by atoms with E-state index in [1.165, 1.54) is 11.8 Å². The van der Waals surface area contributed by atoms with Crippen LogP contribution < -0.4 is 10.1 Å². The van der Waals surface area contributed by atoms with E-state index in [-0.39, 0.29) is 17.8 Å². The molecule has 1 aromatic heterocycles. The molecule has 0 saturated carbocycles. The lowest BCUT2D eigenvalue weighted by Gasteiger charge is -2.14. The van der Waals surface area contributed by atoms with Gasteiger partial charge in [-0.05, 0) is 49.7 Å². The second kappa shape index (κ2) is 9.25. The Morgan fingerprint density at radius 1 is 1.25 bits per heavy atom. The number of aryl methyl sites for hydroxylation is 1. The van der Waals surface area contributed by atoms with Gasteiger partial charge in [-0.15, -0.1) is 10.2 Å². The summed E-state index contributed by atoms with van der Waals surface area (Å²) < 4.78 is 8.77. The number of aromatic nitrogens is 3. The first-order chi connectivity index (χ1) is 13.4. The zero-order valence-corrected chi connectivity index (χ0v) is 18.3. The van der Waals surface area contributed by atoms with Gasteiger partial charge in [-0.25, -0.2) is 0 Å². The van der Waals surface area contributed by atoms with Crippen molar-refractivity contribution in [3.05, 3.63) is 64.4 Å². The van der Waals surface area contributed by atoms with Gasteiger partial charge in [0.05, 0.1) is 5.75 Å². The molecule has 3 rings (SSSR count). The molecule has 0 aliphatic rings. The fraction of sp³-hybridized carbons (Fsp3) is 0.250. The van der Waals surface area contributed by atoms with Crippen LogP contribution in [0.2, 0.25) is 0 Å². The van der Waals surface area contributed by atoms with Crippen molar-refractivity contribution in [2.24, 2.45) is 7.05 Å². The second-order valence-electron chi connectivity index (χ2n) is 6.27. The van der Waals surface area contributed by atoms with Gasteiger partial charge in [0.1, 0.15) is 5.75 Å². The van der Waals surface area contributed by atoms with E-state index < -0.39 is 0 Å². The second-order valence-corrected chi connectivity index (χ2v) is 8.07. The third-order valence-corrected chi connectivity index (χ3v) is 5.97. The average molecular weight is 461 g/mol. The zero-order valence-electron chi connectivity index (χ0n) is 15.8. The van der Waals surface area contributed by atoms with Crippen LogP contribution in [0.25, 0.3) is 0 Å². The number of carbonyl (C=O) groups is 1. The third-order valence-electron chi connectivity index (χ3n) is 4.06. The van der Waals surface area contributed by atoms with Crippen molar-refractivity contribution < 1.29 is 9.53 Å². The van der Waals surface area contributed by atoms with E-state index >= 15 is 0 Å². The van der Waals surface area contributed by atoms with Crippen molar-refractivity contribution in [2.75, 3.05) is 11.1 Å². The Hall–Kier alpha value is -2.32. The Kier molecular flexibility index (Phi) is 6.74. The number of thioether (sulfide) groups is 1. The van der Waals surface area contributed by atoms with Crippen molar-refractivity contribution >= 4 is 39.3 Å². The van der Waals surface area contributed by atoms with E-state index in [4.69, 9.17) is 4.74 Å². The topological polar surface area (TPSA) is 69.0 Å².